The van der Waals surface area contributed by atoms with E-state index < -0.39 is 34.6 Å². The first-order valence-electron chi connectivity index (χ1n) is 7.75. The predicted molar refractivity (Wildman–Crippen MR) is 91.7 cm³/mol. The topological polar surface area (TPSA) is 110 Å². The van der Waals surface area contributed by atoms with Crippen molar-refractivity contribution in [2.24, 2.45) is 0 Å². The molecule has 26 heavy (non-hydrogen) atoms. The zero-order chi connectivity index (χ0) is 19.4. The zero-order valence-electron chi connectivity index (χ0n) is 14.5. The number of phenolic OH excluding ortho intramolecular Hbond substituents is 2. The van der Waals surface area contributed by atoms with Crippen molar-refractivity contribution >= 4 is 17.7 Å². The lowest BCUT2D eigenvalue weighted by Gasteiger charge is -2.16. The highest BCUT2D eigenvalue weighted by atomic mass is 16.5. The van der Waals surface area contributed by atoms with Crippen molar-refractivity contribution in [3.63, 3.8) is 0 Å². The Morgan fingerprint density at radius 1 is 0.923 bits per heavy atom. The Bertz CT molecular complexity index is 884. The fourth-order valence-electron chi connectivity index (χ4n) is 2.60. The standard InChI is InChI=1S/C19H18O7/c1-4-10-9-12(17(22)11-7-5-6-8-13(11)20)14(18(23)25-2)15(16(10)21)19(24)26-3/h5-9,20-21H,4H2,1-3H3. The number of aryl methyl sites for hydroxylation is 1. The van der Waals surface area contributed by atoms with Crippen LogP contribution in [0.4, 0.5) is 0 Å². The lowest BCUT2D eigenvalue weighted by Crippen LogP contribution is -2.19. The maximum absolute atomic E-state index is 12.9. The van der Waals surface area contributed by atoms with Gasteiger partial charge in [-0.15, -0.1) is 0 Å². The Kier molecular flexibility index (Phi) is 5.61. The molecule has 0 aliphatic carbocycles. The molecule has 136 valence electrons. The molecule has 2 aromatic carbocycles. The lowest BCUT2D eigenvalue weighted by atomic mass is 9.90. The summed E-state index contributed by atoms with van der Waals surface area (Å²) >= 11 is 0. The van der Waals surface area contributed by atoms with Gasteiger partial charge in [0.05, 0.1) is 25.3 Å². The summed E-state index contributed by atoms with van der Waals surface area (Å²) in [6.07, 6.45) is 0.290. The molecule has 0 aliphatic heterocycles. The number of ketones is 1. The summed E-state index contributed by atoms with van der Waals surface area (Å²) < 4.78 is 9.33. The van der Waals surface area contributed by atoms with Crippen LogP contribution in [0, 0.1) is 0 Å². The number of esters is 2. The van der Waals surface area contributed by atoms with Gasteiger partial charge in [-0.1, -0.05) is 19.1 Å². The largest absolute Gasteiger partial charge is 0.507 e. The van der Waals surface area contributed by atoms with Crippen LogP contribution in [0.5, 0.6) is 11.5 Å². The van der Waals surface area contributed by atoms with Crippen LogP contribution < -0.4 is 0 Å². The Hall–Kier alpha value is -3.35. The van der Waals surface area contributed by atoms with Crippen LogP contribution >= 0.6 is 0 Å². The van der Waals surface area contributed by atoms with Gasteiger partial charge in [0.2, 0.25) is 0 Å². The van der Waals surface area contributed by atoms with E-state index in [9.17, 15) is 24.6 Å². The fourth-order valence-corrected chi connectivity index (χ4v) is 2.60. The number of ether oxygens (including phenoxy) is 2. The molecule has 0 bridgehead atoms. The molecule has 0 atom stereocenters. The van der Waals surface area contributed by atoms with Gasteiger partial charge in [0, 0.05) is 5.56 Å². The van der Waals surface area contributed by atoms with Gasteiger partial charge in [-0.2, -0.15) is 0 Å². The van der Waals surface area contributed by atoms with E-state index in [0.29, 0.717) is 6.42 Å². The second-order valence-corrected chi connectivity index (χ2v) is 5.36. The third-order valence-electron chi connectivity index (χ3n) is 3.93. The molecule has 0 amide bonds. The molecule has 0 fully saturated rings. The van der Waals surface area contributed by atoms with Crippen LogP contribution in [0.1, 0.15) is 49.1 Å². The van der Waals surface area contributed by atoms with Crippen LogP contribution in [-0.2, 0) is 15.9 Å². The number of methoxy groups -OCH3 is 2. The summed E-state index contributed by atoms with van der Waals surface area (Å²) in [6, 6.07) is 7.11. The number of rotatable bonds is 5. The van der Waals surface area contributed by atoms with E-state index in [-0.39, 0.29) is 22.4 Å². The normalized spacial score (nSPS) is 10.3. The first-order chi connectivity index (χ1) is 12.4. The molecule has 2 rings (SSSR count). The van der Waals surface area contributed by atoms with Gasteiger partial charge in [0.25, 0.3) is 0 Å². The minimum Gasteiger partial charge on any atom is -0.507 e. The molecule has 0 heterocycles. The smallest absolute Gasteiger partial charge is 0.342 e. The summed E-state index contributed by atoms with van der Waals surface area (Å²) in [5.41, 5.74) is -0.814. The molecule has 0 saturated heterocycles. The maximum Gasteiger partial charge on any atom is 0.342 e. The van der Waals surface area contributed by atoms with Crippen molar-refractivity contribution in [2.75, 3.05) is 14.2 Å². The number of aromatic hydroxyl groups is 2. The van der Waals surface area contributed by atoms with Crippen molar-refractivity contribution in [1.29, 1.82) is 0 Å². The van der Waals surface area contributed by atoms with E-state index in [1.807, 2.05) is 0 Å². The molecular formula is C19H18O7. The summed E-state index contributed by atoms with van der Waals surface area (Å²) in [6.45, 7) is 1.71. The number of carbonyl (C=O) groups is 3. The van der Waals surface area contributed by atoms with Crippen LogP contribution in [-0.4, -0.2) is 42.2 Å². The molecule has 2 N–H and O–H groups in total. The van der Waals surface area contributed by atoms with Gasteiger partial charge in [-0.3, -0.25) is 4.79 Å². The number of hydrogen-bond acceptors (Lipinski definition) is 7. The Morgan fingerprint density at radius 2 is 1.50 bits per heavy atom. The number of phenols is 2. The highest BCUT2D eigenvalue weighted by Gasteiger charge is 2.31. The zero-order valence-corrected chi connectivity index (χ0v) is 14.5. The molecule has 7 heteroatoms. The van der Waals surface area contributed by atoms with Gasteiger partial charge in [0.15, 0.2) is 5.78 Å². The number of hydrogen-bond donors (Lipinski definition) is 2. The summed E-state index contributed by atoms with van der Waals surface area (Å²) in [5.74, 6) is -3.39. The quantitative estimate of drug-likeness (QED) is 0.624. The molecule has 2 aromatic rings. The van der Waals surface area contributed by atoms with E-state index in [1.54, 1.807) is 19.1 Å². The first kappa shape index (κ1) is 19.0. The number of para-hydroxylation sites is 1. The predicted octanol–water partition coefficient (Wildman–Crippen LogP) is 2.46. The van der Waals surface area contributed by atoms with E-state index in [4.69, 9.17) is 0 Å². The van der Waals surface area contributed by atoms with Crippen molar-refractivity contribution in [1.82, 2.24) is 0 Å². The third kappa shape index (κ3) is 3.23. The maximum atomic E-state index is 12.9. The average Bonchev–Trinajstić information content (AvgIpc) is 2.66. The summed E-state index contributed by atoms with van der Waals surface area (Å²) in [7, 11) is 2.17. The minimum atomic E-state index is -0.984. The third-order valence-corrected chi connectivity index (χ3v) is 3.93. The van der Waals surface area contributed by atoms with E-state index in [2.05, 4.69) is 9.47 Å². The molecule has 0 saturated carbocycles. The molecule has 0 aliphatic rings. The molecule has 0 radical (unpaired) electrons. The first-order valence-corrected chi connectivity index (χ1v) is 7.75. The summed E-state index contributed by atoms with van der Waals surface area (Å²) in [5, 5.41) is 20.3. The minimum absolute atomic E-state index is 0.0544. The number of carbonyl (C=O) groups excluding carboxylic acids is 3. The van der Waals surface area contributed by atoms with E-state index in [0.717, 1.165) is 14.2 Å². The van der Waals surface area contributed by atoms with Crippen molar-refractivity contribution in [3.8, 4) is 11.5 Å². The van der Waals surface area contributed by atoms with Gasteiger partial charge in [0.1, 0.15) is 17.1 Å². The van der Waals surface area contributed by atoms with Crippen molar-refractivity contribution in [2.45, 2.75) is 13.3 Å². The summed E-state index contributed by atoms with van der Waals surface area (Å²) in [4.78, 5) is 37.4. The van der Waals surface area contributed by atoms with Crippen LogP contribution in [0.25, 0.3) is 0 Å². The van der Waals surface area contributed by atoms with Gasteiger partial charge in [-0.05, 0) is 30.2 Å². The second kappa shape index (κ2) is 7.69. The number of benzene rings is 2. The highest BCUT2D eigenvalue weighted by molar-refractivity contribution is 6.19. The van der Waals surface area contributed by atoms with Crippen LogP contribution in [0.2, 0.25) is 0 Å². The highest BCUT2D eigenvalue weighted by Crippen LogP contribution is 2.33. The SMILES string of the molecule is CCc1cc(C(=O)c2ccccc2O)c(C(=O)OC)c(C(=O)OC)c1O. The Labute approximate surface area is 149 Å². The van der Waals surface area contributed by atoms with Gasteiger partial charge in [-0.25, -0.2) is 9.59 Å². The van der Waals surface area contributed by atoms with Crippen molar-refractivity contribution in [3.05, 3.63) is 58.1 Å². The monoisotopic (exact) mass is 358 g/mol. The van der Waals surface area contributed by atoms with Crippen molar-refractivity contribution < 1.29 is 34.1 Å². The Balaban J connectivity index is 2.87. The molecule has 0 aromatic heterocycles. The van der Waals surface area contributed by atoms with Gasteiger partial charge >= 0.3 is 11.9 Å². The fraction of sp³-hybridized carbons (Fsp3) is 0.211. The van der Waals surface area contributed by atoms with E-state index >= 15 is 0 Å². The molecular weight excluding hydrogens is 340 g/mol. The Morgan fingerprint density at radius 3 is 2.04 bits per heavy atom. The van der Waals surface area contributed by atoms with Crippen LogP contribution in [0.3, 0.4) is 0 Å². The second-order valence-electron chi connectivity index (χ2n) is 5.36. The lowest BCUT2D eigenvalue weighted by molar-refractivity contribution is 0.0550. The van der Waals surface area contributed by atoms with E-state index in [1.165, 1.54) is 18.2 Å². The molecule has 0 spiro atoms. The van der Waals surface area contributed by atoms with Gasteiger partial charge < -0.3 is 19.7 Å². The molecule has 0 unspecified atom stereocenters. The van der Waals surface area contributed by atoms with Crippen LogP contribution in [0.15, 0.2) is 30.3 Å². The average molecular weight is 358 g/mol. The molecule has 7 nitrogen and oxygen atoms in total.